The first-order valence-electron chi connectivity index (χ1n) is 8.12. The Hall–Kier alpha value is -2.60. The molecular formula is C19H19N3O2S. The van der Waals surface area contributed by atoms with Gasteiger partial charge in [0, 0.05) is 17.9 Å². The molecule has 6 heteroatoms. The Morgan fingerprint density at radius 1 is 1.08 bits per heavy atom. The molecule has 0 aliphatic carbocycles. The van der Waals surface area contributed by atoms with Crippen molar-refractivity contribution in [3.63, 3.8) is 0 Å². The van der Waals surface area contributed by atoms with Gasteiger partial charge < -0.3 is 9.30 Å². The number of rotatable bonds is 8. The molecule has 25 heavy (non-hydrogen) atoms. The van der Waals surface area contributed by atoms with E-state index >= 15 is 0 Å². The quantitative estimate of drug-likeness (QED) is 0.349. The highest BCUT2D eigenvalue weighted by Crippen LogP contribution is 2.24. The van der Waals surface area contributed by atoms with Gasteiger partial charge in [0.05, 0.1) is 12.2 Å². The van der Waals surface area contributed by atoms with Crippen LogP contribution in [0.25, 0.3) is 11.4 Å². The maximum Gasteiger partial charge on any atom is 0.191 e. The molecule has 2 aromatic carbocycles. The second kappa shape index (κ2) is 8.48. The Kier molecular flexibility index (Phi) is 5.85. The van der Waals surface area contributed by atoms with Gasteiger partial charge in [0.1, 0.15) is 5.75 Å². The number of ether oxygens (including phenoxy) is 1. The number of hydrogen-bond acceptors (Lipinski definition) is 5. The lowest BCUT2D eigenvalue weighted by Gasteiger charge is -2.09. The van der Waals surface area contributed by atoms with Gasteiger partial charge >= 0.3 is 0 Å². The predicted molar refractivity (Wildman–Crippen MR) is 99.2 cm³/mol. The first kappa shape index (κ1) is 17.2. The molecule has 3 rings (SSSR count). The molecule has 0 aliphatic rings. The Morgan fingerprint density at radius 3 is 2.60 bits per heavy atom. The highest BCUT2D eigenvalue weighted by molar-refractivity contribution is 7.99. The highest BCUT2D eigenvalue weighted by Gasteiger charge is 2.12. The van der Waals surface area contributed by atoms with E-state index in [1.54, 1.807) is 23.9 Å². The van der Waals surface area contributed by atoms with Gasteiger partial charge in [-0.05, 0) is 19.1 Å². The highest BCUT2D eigenvalue weighted by atomic mass is 32.2. The number of para-hydroxylation sites is 1. The van der Waals surface area contributed by atoms with E-state index in [2.05, 4.69) is 21.7 Å². The van der Waals surface area contributed by atoms with Crippen molar-refractivity contribution < 1.29 is 9.53 Å². The maximum atomic E-state index is 11.0. The maximum absolute atomic E-state index is 11.0. The summed E-state index contributed by atoms with van der Waals surface area (Å²) >= 11 is 1.60. The van der Waals surface area contributed by atoms with Crippen LogP contribution in [-0.2, 0) is 6.54 Å². The number of carbonyl (C=O) groups excluding carboxylic acids is 1. The monoisotopic (exact) mass is 353 g/mol. The van der Waals surface area contributed by atoms with Gasteiger partial charge in [-0.1, -0.05) is 54.2 Å². The number of nitrogens with zero attached hydrogens (tertiary/aromatic N) is 3. The summed E-state index contributed by atoms with van der Waals surface area (Å²) in [7, 11) is 0. The predicted octanol–water partition coefficient (Wildman–Crippen LogP) is 3.95. The molecule has 1 aromatic heterocycles. The number of aldehydes is 1. The lowest BCUT2D eigenvalue weighted by molar-refractivity contribution is 0.112. The smallest absolute Gasteiger partial charge is 0.191 e. The summed E-state index contributed by atoms with van der Waals surface area (Å²) in [5.74, 6) is 2.21. The van der Waals surface area contributed by atoms with Crippen molar-refractivity contribution >= 4 is 18.0 Å². The topological polar surface area (TPSA) is 57.0 Å². The second-order valence-electron chi connectivity index (χ2n) is 5.27. The van der Waals surface area contributed by atoms with Crippen molar-refractivity contribution in [3.8, 4) is 17.1 Å². The SMILES string of the molecule is CCn1c(SCCOc2ccccc2C=O)nnc1-c1ccccc1. The molecular weight excluding hydrogens is 334 g/mol. The zero-order valence-electron chi connectivity index (χ0n) is 14.0. The minimum atomic E-state index is 0.493. The molecule has 5 nitrogen and oxygen atoms in total. The van der Waals surface area contributed by atoms with Gasteiger partial charge in [0.25, 0.3) is 0 Å². The molecule has 1 heterocycles. The average molecular weight is 353 g/mol. The largest absolute Gasteiger partial charge is 0.492 e. The third kappa shape index (κ3) is 4.09. The molecule has 0 fully saturated rings. The van der Waals surface area contributed by atoms with Crippen molar-refractivity contribution in [1.29, 1.82) is 0 Å². The van der Waals surface area contributed by atoms with E-state index in [4.69, 9.17) is 4.74 Å². The molecule has 0 saturated heterocycles. The molecule has 0 saturated carbocycles. The molecule has 0 bridgehead atoms. The zero-order valence-corrected chi connectivity index (χ0v) is 14.8. The van der Waals surface area contributed by atoms with E-state index in [1.165, 1.54) is 0 Å². The standard InChI is InChI=1S/C19H19N3O2S/c1-2-22-18(15-8-4-3-5-9-15)20-21-19(22)25-13-12-24-17-11-7-6-10-16(17)14-23/h3-11,14H,2,12-13H2,1H3. The van der Waals surface area contributed by atoms with Crippen LogP contribution < -0.4 is 4.74 Å². The van der Waals surface area contributed by atoms with Crippen LogP contribution in [0.3, 0.4) is 0 Å². The summed E-state index contributed by atoms with van der Waals surface area (Å²) in [6.07, 6.45) is 0.808. The minimum absolute atomic E-state index is 0.493. The van der Waals surface area contributed by atoms with Gasteiger partial charge in [-0.15, -0.1) is 10.2 Å². The van der Waals surface area contributed by atoms with Crippen LogP contribution in [0.2, 0.25) is 0 Å². The van der Waals surface area contributed by atoms with E-state index in [0.717, 1.165) is 35.1 Å². The van der Waals surface area contributed by atoms with Crippen molar-refractivity contribution in [3.05, 3.63) is 60.2 Å². The van der Waals surface area contributed by atoms with E-state index in [9.17, 15) is 4.79 Å². The van der Waals surface area contributed by atoms with Crippen molar-refractivity contribution in [2.45, 2.75) is 18.6 Å². The van der Waals surface area contributed by atoms with Crippen molar-refractivity contribution in [2.75, 3.05) is 12.4 Å². The van der Waals surface area contributed by atoms with Crippen LogP contribution in [0.15, 0.2) is 59.8 Å². The number of carbonyl (C=O) groups is 1. The minimum Gasteiger partial charge on any atom is -0.492 e. The van der Waals surface area contributed by atoms with E-state index in [-0.39, 0.29) is 0 Å². The Morgan fingerprint density at radius 2 is 1.84 bits per heavy atom. The zero-order chi connectivity index (χ0) is 17.5. The first-order chi connectivity index (χ1) is 12.3. The third-order valence-electron chi connectivity index (χ3n) is 3.68. The molecule has 0 radical (unpaired) electrons. The van der Waals surface area contributed by atoms with Crippen LogP contribution in [0.5, 0.6) is 5.75 Å². The van der Waals surface area contributed by atoms with Gasteiger partial charge in [-0.3, -0.25) is 4.79 Å². The van der Waals surface area contributed by atoms with Crippen LogP contribution in [0, 0.1) is 0 Å². The number of thioether (sulfide) groups is 1. The van der Waals surface area contributed by atoms with Gasteiger partial charge in [-0.2, -0.15) is 0 Å². The molecule has 0 N–H and O–H groups in total. The van der Waals surface area contributed by atoms with E-state index in [1.807, 2.05) is 42.5 Å². The molecule has 0 amide bonds. The van der Waals surface area contributed by atoms with E-state index in [0.29, 0.717) is 17.9 Å². The van der Waals surface area contributed by atoms with Crippen molar-refractivity contribution in [1.82, 2.24) is 14.8 Å². The molecule has 0 unspecified atom stereocenters. The third-order valence-corrected chi connectivity index (χ3v) is 4.61. The van der Waals surface area contributed by atoms with Crippen LogP contribution in [0.1, 0.15) is 17.3 Å². The normalized spacial score (nSPS) is 10.6. The van der Waals surface area contributed by atoms with Crippen molar-refractivity contribution in [2.24, 2.45) is 0 Å². The molecule has 3 aromatic rings. The van der Waals surface area contributed by atoms with Gasteiger partial charge in [0.2, 0.25) is 0 Å². The summed E-state index contributed by atoms with van der Waals surface area (Å²) in [4.78, 5) is 11.0. The van der Waals surface area contributed by atoms with E-state index < -0.39 is 0 Å². The Bertz CT molecular complexity index is 834. The fraction of sp³-hybridized carbons (Fsp3) is 0.211. The lowest BCUT2D eigenvalue weighted by atomic mass is 10.2. The Balaban J connectivity index is 1.62. The molecule has 0 aliphatic heterocycles. The number of hydrogen-bond donors (Lipinski definition) is 0. The van der Waals surface area contributed by atoms with Gasteiger partial charge in [0.15, 0.2) is 17.3 Å². The average Bonchev–Trinajstić information content (AvgIpc) is 3.09. The summed E-state index contributed by atoms with van der Waals surface area (Å²) in [6.45, 7) is 3.37. The first-order valence-corrected chi connectivity index (χ1v) is 9.10. The summed E-state index contributed by atoms with van der Waals surface area (Å²) in [6, 6.07) is 17.3. The van der Waals surface area contributed by atoms with Crippen LogP contribution in [0.4, 0.5) is 0 Å². The van der Waals surface area contributed by atoms with Crippen LogP contribution >= 0.6 is 11.8 Å². The molecule has 0 atom stereocenters. The Labute approximate surface area is 151 Å². The molecule has 128 valence electrons. The number of benzene rings is 2. The summed E-state index contributed by atoms with van der Waals surface area (Å²) < 4.78 is 7.80. The fourth-order valence-electron chi connectivity index (χ4n) is 2.48. The van der Waals surface area contributed by atoms with Crippen LogP contribution in [-0.4, -0.2) is 33.4 Å². The summed E-state index contributed by atoms with van der Waals surface area (Å²) in [5, 5.41) is 9.50. The fourth-order valence-corrected chi connectivity index (χ4v) is 3.29. The molecule has 0 spiro atoms. The summed E-state index contributed by atoms with van der Waals surface area (Å²) in [5.41, 5.74) is 1.62. The van der Waals surface area contributed by atoms with Gasteiger partial charge in [-0.25, -0.2) is 0 Å². The lowest BCUT2D eigenvalue weighted by Crippen LogP contribution is -2.04. The number of aromatic nitrogens is 3. The second-order valence-corrected chi connectivity index (χ2v) is 6.33.